The first-order valence-electron chi connectivity index (χ1n) is 9.97. The topological polar surface area (TPSA) is 78.7 Å². The van der Waals surface area contributed by atoms with Crippen molar-refractivity contribution in [2.45, 2.75) is 26.2 Å². The van der Waals surface area contributed by atoms with E-state index >= 15 is 0 Å². The molecule has 3 rings (SSSR count). The van der Waals surface area contributed by atoms with Crippen LogP contribution in [0.1, 0.15) is 34.2 Å². The molecule has 32 heavy (non-hydrogen) atoms. The Morgan fingerprint density at radius 1 is 0.969 bits per heavy atom. The lowest BCUT2D eigenvalue weighted by molar-refractivity contribution is -0.137. The highest BCUT2D eigenvalue weighted by Crippen LogP contribution is 2.29. The number of rotatable bonds is 7. The number of benzene rings is 2. The van der Waals surface area contributed by atoms with E-state index in [4.69, 9.17) is 4.42 Å². The van der Waals surface area contributed by atoms with Gasteiger partial charge in [0.2, 0.25) is 0 Å². The molecule has 1 aromatic heterocycles. The van der Waals surface area contributed by atoms with Gasteiger partial charge < -0.3 is 20.4 Å². The molecule has 0 atom stereocenters. The van der Waals surface area contributed by atoms with Gasteiger partial charge in [0.15, 0.2) is 11.7 Å². The molecule has 3 aromatic rings. The molecular weight excluding hydrogens is 421 g/mol. The number of guanidine groups is 1. The van der Waals surface area contributed by atoms with Crippen LogP contribution in [0.15, 0.2) is 76.3 Å². The number of anilines is 1. The third kappa shape index (κ3) is 6.63. The van der Waals surface area contributed by atoms with Crippen molar-refractivity contribution in [3.05, 3.63) is 89.4 Å². The Morgan fingerprint density at radius 2 is 1.66 bits per heavy atom. The van der Waals surface area contributed by atoms with Crippen LogP contribution in [0, 0.1) is 0 Å². The zero-order valence-corrected chi connectivity index (χ0v) is 17.4. The van der Waals surface area contributed by atoms with Gasteiger partial charge >= 0.3 is 6.18 Å². The number of carbonyl (C=O) groups excluding carboxylic acids is 1. The number of amides is 1. The molecule has 1 amide bonds. The normalized spacial score (nSPS) is 11.8. The fourth-order valence-corrected chi connectivity index (χ4v) is 2.80. The minimum Gasteiger partial charge on any atom is -0.459 e. The molecule has 0 aliphatic heterocycles. The molecule has 2 aromatic carbocycles. The van der Waals surface area contributed by atoms with Gasteiger partial charge in [-0.1, -0.05) is 24.3 Å². The molecular formula is C23H23F3N4O2. The summed E-state index contributed by atoms with van der Waals surface area (Å²) in [4.78, 5) is 16.5. The number of halogens is 3. The van der Waals surface area contributed by atoms with Crippen molar-refractivity contribution in [1.82, 2.24) is 10.6 Å². The van der Waals surface area contributed by atoms with Crippen LogP contribution in [0.4, 0.5) is 18.9 Å². The van der Waals surface area contributed by atoms with Crippen molar-refractivity contribution in [2.24, 2.45) is 4.99 Å². The van der Waals surface area contributed by atoms with Crippen molar-refractivity contribution >= 4 is 17.6 Å². The van der Waals surface area contributed by atoms with Crippen LogP contribution >= 0.6 is 0 Å². The summed E-state index contributed by atoms with van der Waals surface area (Å²) in [7, 11) is 0. The summed E-state index contributed by atoms with van der Waals surface area (Å²) in [6.45, 7) is 3.28. The molecule has 0 aliphatic carbocycles. The highest BCUT2D eigenvalue weighted by molar-refractivity contribution is 6.02. The summed E-state index contributed by atoms with van der Waals surface area (Å²) in [5.41, 5.74) is 1.59. The van der Waals surface area contributed by atoms with Crippen LogP contribution in [0.5, 0.6) is 0 Å². The molecule has 0 spiro atoms. The number of hydrogen-bond donors (Lipinski definition) is 3. The van der Waals surface area contributed by atoms with Crippen LogP contribution in [0.2, 0.25) is 0 Å². The van der Waals surface area contributed by atoms with Gasteiger partial charge in [-0.3, -0.25) is 4.79 Å². The molecule has 0 saturated carbocycles. The molecule has 6 nitrogen and oxygen atoms in total. The quantitative estimate of drug-likeness (QED) is 0.361. The van der Waals surface area contributed by atoms with Crippen LogP contribution in [0.25, 0.3) is 0 Å². The van der Waals surface area contributed by atoms with Crippen LogP contribution in [-0.4, -0.2) is 18.4 Å². The van der Waals surface area contributed by atoms with Crippen LogP contribution in [-0.2, 0) is 19.3 Å². The van der Waals surface area contributed by atoms with Crippen molar-refractivity contribution in [1.29, 1.82) is 0 Å². The fraction of sp³-hybridized carbons (Fsp3) is 0.217. The van der Waals surface area contributed by atoms with Gasteiger partial charge in [-0.05, 0) is 54.4 Å². The summed E-state index contributed by atoms with van der Waals surface area (Å²) in [6.07, 6.45) is -2.91. The average Bonchev–Trinajstić information content (AvgIpc) is 3.31. The van der Waals surface area contributed by atoms with Gasteiger partial charge in [-0.15, -0.1) is 0 Å². The number of alkyl halides is 3. The lowest BCUT2D eigenvalue weighted by Gasteiger charge is -2.12. The second-order valence-corrected chi connectivity index (χ2v) is 6.87. The molecule has 0 aliphatic rings. The van der Waals surface area contributed by atoms with Gasteiger partial charge in [0.1, 0.15) is 0 Å². The van der Waals surface area contributed by atoms with Gasteiger partial charge in [0.25, 0.3) is 5.91 Å². The zero-order chi connectivity index (χ0) is 23.0. The van der Waals surface area contributed by atoms with Crippen LogP contribution < -0.4 is 16.0 Å². The maximum Gasteiger partial charge on any atom is 0.416 e. The van der Waals surface area contributed by atoms with E-state index in [1.54, 1.807) is 24.3 Å². The summed E-state index contributed by atoms with van der Waals surface area (Å²) in [6, 6.07) is 15.5. The highest BCUT2D eigenvalue weighted by Gasteiger charge is 2.29. The van der Waals surface area contributed by atoms with Crippen molar-refractivity contribution in [2.75, 3.05) is 11.9 Å². The minimum atomic E-state index is -4.35. The molecule has 0 saturated heterocycles. The number of aliphatic imine (C=N–C) groups is 1. The third-order valence-corrected chi connectivity index (χ3v) is 4.46. The lowest BCUT2D eigenvalue weighted by Crippen LogP contribution is -2.36. The minimum absolute atomic E-state index is 0.230. The summed E-state index contributed by atoms with van der Waals surface area (Å²) in [5, 5.41) is 8.96. The van der Waals surface area contributed by atoms with E-state index in [1.165, 1.54) is 18.4 Å². The van der Waals surface area contributed by atoms with Crippen molar-refractivity contribution < 1.29 is 22.4 Å². The fourth-order valence-electron chi connectivity index (χ4n) is 2.80. The first-order chi connectivity index (χ1) is 15.3. The number of carbonyl (C=O) groups is 1. The Kier molecular flexibility index (Phi) is 7.54. The van der Waals surface area contributed by atoms with Crippen molar-refractivity contribution in [3.63, 3.8) is 0 Å². The first-order valence-corrected chi connectivity index (χ1v) is 9.97. The summed E-state index contributed by atoms with van der Waals surface area (Å²) >= 11 is 0. The van der Waals surface area contributed by atoms with E-state index in [1.807, 2.05) is 19.1 Å². The lowest BCUT2D eigenvalue weighted by atomic mass is 10.1. The average molecular weight is 444 g/mol. The largest absolute Gasteiger partial charge is 0.459 e. The SMILES string of the molecule is CCNC(=NCc1ccc(NC(=O)c2ccco2)cc1)NCc1ccc(C(F)(F)F)cc1. The Morgan fingerprint density at radius 3 is 2.25 bits per heavy atom. The standard InChI is InChI=1S/C23H23F3N4O2/c1-2-27-22(28-14-16-5-9-18(10-6-16)23(24,25)26)29-15-17-7-11-19(12-8-17)30-21(31)20-4-3-13-32-20/h3-13H,2,14-15H2,1H3,(H,30,31)(H2,27,28,29). The van der Waals surface area contributed by atoms with E-state index in [2.05, 4.69) is 20.9 Å². The molecule has 0 bridgehead atoms. The Labute approximate surface area is 183 Å². The van der Waals surface area contributed by atoms with Crippen molar-refractivity contribution in [3.8, 4) is 0 Å². The highest BCUT2D eigenvalue weighted by atomic mass is 19.4. The maximum absolute atomic E-state index is 12.7. The van der Waals surface area contributed by atoms with Gasteiger partial charge in [-0.25, -0.2) is 4.99 Å². The molecule has 9 heteroatoms. The Bertz CT molecular complexity index is 1030. The monoisotopic (exact) mass is 444 g/mol. The number of nitrogens with one attached hydrogen (secondary N) is 3. The zero-order valence-electron chi connectivity index (χ0n) is 17.4. The number of nitrogens with zero attached hydrogens (tertiary/aromatic N) is 1. The third-order valence-electron chi connectivity index (χ3n) is 4.46. The van der Waals surface area contributed by atoms with E-state index in [9.17, 15) is 18.0 Å². The molecule has 168 valence electrons. The molecule has 3 N–H and O–H groups in total. The van der Waals surface area contributed by atoms with Gasteiger partial charge in [-0.2, -0.15) is 13.2 Å². The van der Waals surface area contributed by atoms with Gasteiger partial charge in [0.05, 0.1) is 18.4 Å². The molecule has 1 heterocycles. The van der Waals surface area contributed by atoms with Gasteiger partial charge in [0, 0.05) is 18.8 Å². The summed E-state index contributed by atoms with van der Waals surface area (Å²) < 4.78 is 43.1. The first kappa shape index (κ1) is 22.9. The molecule has 0 unspecified atom stereocenters. The Hall–Kier alpha value is -3.75. The van der Waals surface area contributed by atoms with E-state index in [-0.39, 0.29) is 11.7 Å². The number of hydrogen-bond acceptors (Lipinski definition) is 3. The molecule has 0 radical (unpaired) electrons. The van der Waals surface area contributed by atoms with Crippen LogP contribution in [0.3, 0.4) is 0 Å². The Balaban J connectivity index is 1.55. The van der Waals surface area contributed by atoms with E-state index in [0.29, 0.717) is 36.8 Å². The van der Waals surface area contributed by atoms with E-state index < -0.39 is 11.7 Å². The predicted octanol–water partition coefficient (Wildman–Crippen LogP) is 4.81. The van der Waals surface area contributed by atoms with E-state index in [0.717, 1.165) is 17.7 Å². The summed E-state index contributed by atoms with van der Waals surface area (Å²) in [5.74, 6) is 0.443. The maximum atomic E-state index is 12.7. The predicted molar refractivity (Wildman–Crippen MR) is 116 cm³/mol. The molecule has 0 fully saturated rings. The second-order valence-electron chi connectivity index (χ2n) is 6.87. The number of furan rings is 1. The smallest absolute Gasteiger partial charge is 0.416 e. The second kappa shape index (κ2) is 10.5.